The summed E-state index contributed by atoms with van der Waals surface area (Å²) >= 11 is 0. The van der Waals surface area contributed by atoms with Gasteiger partial charge in [0.15, 0.2) is 11.5 Å². The minimum atomic E-state index is -0.299. The lowest BCUT2D eigenvalue weighted by Gasteiger charge is -2.22. The van der Waals surface area contributed by atoms with Gasteiger partial charge in [0.05, 0.1) is 32.1 Å². The van der Waals surface area contributed by atoms with Gasteiger partial charge in [-0.25, -0.2) is 9.80 Å². The molecule has 1 fully saturated rings. The van der Waals surface area contributed by atoms with E-state index in [4.69, 9.17) is 19.3 Å². The number of nitrogens with one attached hydrogen (secondary N) is 2. The number of nitrogens with zero attached hydrogens (tertiary/aromatic N) is 2. The van der Waals surface area contributed by atoms with Crippen molar-refractivity contribution < 1.29 is 23.8 Å². The molecule has 0 unspecified atom stereocenters. The van der Waals surface area contributed by atoms with E-state index in [9.17, 15) is 9.59 Å². The van der Waals surface area contributed by atoms with Gasteiger partial charge < -0.3 is 24.8 Å². The second-order valence-corrected chi connectivity index (χ2v) is 8.69. The Hall–Kier alpha value is -3.59. The molecule has 2 aliphatic rings. The van der Waals surface area contributed by atoms with Crippen molar-refractivity contribution in [2.24, 2.45) is 5.10 Å². The first-order chi connectivity index (χ1) is 16.9. The summed E-state index contributed by atoms with van der Waals surface area (Å²) < 4.78 is 16.6. The molecule has 2 aliphatic heterocycles. The van der Waals surface area contributed by atoms with Crippen LogP contribution in [0.4, 0.5) is 4.79 Å². The van der Waals surface area contributed by atoms with Crippen LogP contribution >= 0.6 is 0 Å². The lowest BCUT2D eigenvalue weighted by molar-refractivity contribution is 0.0858. The summed E-state index contributed by atoms with van der Waals surface area (Å²) in [4.78, 5) is 25.3. The summed E-state index contributed by atoms with van der Waals surface area (Å²) in [7, 11) is 4.76. The molecule has 2 aromatic rings. The zero-order valence-electron chi connectivity index (χ0n) is 20.6. The molecule has 0 spiro atoms. The maximum Gasteiger partial charge on any atom is 0.337 e. The minimum Gasteiger partial charge on any atom is -0.493 e. The van der Waals surface area contributed by atoms with Gasteiger partial charge in [0, 0.05) is 36.9 Å². The van der Waals surface area contributed by atoms with Crippen LogP contribution in [0.25, 0.3) is 0 Å². The molecule has 2 aromatic carbocycles. The number of fused-ring (bicyclic) bond motifs is 1. The number of urea groups is 1. The van der Waals surface area contributed by atoms with Gasteiger partial charge in [-0.3, -0.25) is 4.79 Å². The van der Waals surface area contributed by atoms with Crippen LogP contribution in [-0.2, 0) is 11.2 Å². The first kappa shape index (κ1) is 24.5. The molecular formula is C26H32N4O5. The molecule has 186 valence electrons. The van der Waals surface area contributed by atoms with Gasteiger partial charge in [-0.15, -0.1) is 0 Å². The van der Waals surface area contributed by atoms with Gasteiger partial charge in [0.2, 0.25) is 0 Å². The largest absolute Gasteiger partial charge is 0.493 e. The second kappa shape index (κ2) is 10.8. The topological polar surface area (TPSA) is 101 Å². The molecule has 4 rings (SSSR count). The number of hydrazone groups is 1. The van der Waals surface area contributed by atoms with Crippen molar-refractivity contribution in [1.29, 1.82) is 0 Å². The highest BCUT2D eigenvalue weighted by molar-refractivity contribution is 6.15. The minimum absolute atomic E-state index is 0.0831. The van der Waals surface area contributed by atoms with E-state index >= 15 is 0 Å². The van der Waals surface area contributed by atoms with Crippen LogP contribution in [0.5, 0.6) is 11.5 Å². The highest BCUT2D eigenvalue weighted by Gasteiger charge is 2.28. The standard InChI is InChI=1S/C26H32N4O5/c1-16-12-19-13-22(33-3)23(34-4)14-21(19)24(29-30(16)26(32)27-2)17-7-9-18(10-8-17)25(31)28-15-20-6-5-11-35-20/h7-10,13-14,16,20H,5-6,11-12,15H2,1-4H3,(H,27,32)(H,28,31)/t16-,20-/m1/s1. The smallest absolute Gasteiger partial charge is 0.337 e. The molecule has 2 heterocycles. The van der Waals surface area contributed by atoms with Gasteiger partial charge in [0.1, 0.15) is 0 Å². The van der Waals surface area contributed by atoms with E-state index in [1.807, 2.05) is 31.2 Å². The van der Waals surface area contributed by atoms with Gasteiger partial charge in [-0.05, 0) is 56.0 Å². The van der Waals surface area contributed by atoms with E-state index in [-0.39, 0.29) is 24.1 Å². The van der Waals surface area contributed by atoms with Crippen molar-refractivity contribution in [3.8, 4) is 11.5 Å². The number of carbonyl (C=O) groups excluding carboxylic acids is 2. The number of amides is 3. The monoisotopic (exact) mass is 480 g/mol. The Bertz CT molecular complexity index is 1110. The normalized spacial score (nSPS) is 19.3. The van der Waals surface area contributed by atoms with Crippen LogP contribution in [0.3, 0.4) is 0 Å². The summed E-state index contributed by atoms with van der Waals surface area (Å²) in [5.41, 5.74) is 3.76. The molecule has 0 aromatic heterocycles. The summed E-state index contributed by atoms with van der Waals surface area (Å²) in [6.07, 6.45) is 2.66. The van der Waals surface area contributed by atoms with E-state index in [1.165, 1.54) is 5.01 Å². The van der Waals surface area contributed by atoms with E-state index in [0.717, 1.165) is 36.1 Å². The van der Waals surface area contributed by atoms with E-state index < -0.39 is 0 Å². The van der Waals surface area contributed by atoms with Crippen LogP contribution in [0.15, 0.2) is 41.5 Å². The van der Waals surface area contributed by atoms with Gasteiger partial charge >= 0.3 is 6.03 Å². The summed E-state index contributed by atoms with van der Waals surface area (Å²) in [6, 6.07) is 10.6. The highest BCUT2D eigenvalue weighted by atomic mass is 16.5. The Kier molecular flexibility index (Phi) is 7.55. The molecule has 0 bridgehead atoms. The first-order valence-electron chi connectivity index (χ1n) is 11.8. The number of rotatable bonds is 6. The molecule has 35 heavy (non-hydrogen) atoms. The molecular weight excluding hydrogens is 448 g/mol. The Morgan fingerprint density at radius 1 is 1.14 bits per heavy atom. The fraction of sp³-hybridized carbons (Fsp3) is 0.423. The Balaban J connectivity index is 1.68. The molecule has 1 saturated heterocycles. The predicted molar refractivity (Wildman–Crippen MR) is 132 cm³/mol. The van der Waals surface area contributed by atoms with Crippen LogP contribution in [0, 0.1) is 0 Å². The Morgan fingerprint density at radius 2 is 1.86 bits per heavy atom. The van der Waals surface area contributed by atoms with Gasteiger partial charge in [-0.2, -0.15) is 5.10 Å². The number of methoxy groups -OCH3 is 2. The fourth-order valence-electron chi connectivity index (χ4n) is 4.44. The Labute approximate surface area is 205 Å². The van der Waals surface area contributed by atoms with Crippen molar-refractivity contribution in [2.45, 2.75) is 38.3 Å². The third-order valence-electron chi connectivity index (χ3n) is 6.36. The molecule has 2 N–H and O–H groups in total. The molecule has 9 nitrogen and oxygen atoms in total. The summed E-state index contributed by atoms with van der Waals surface area (Å²) in [6.45, 7) is 3.20. The predicted octanol–water partition coefficient (Wildman–Crippen LogP) is 2.95. The first-order valence-corrected chi connectivity index (χ1v) is 11.8. The lowest BCUT2D eigenvalue weighted by atomic mass is 9.93. The second-order valence-electron chi connectivity index (χ2n) is 8.69. The number of ether oxygens (including phenoxy) is 3. The quantitative estimate of drug-likeness (QED) is 0.662. The maximum atomic E-state index is 12.6. The van der Waals surface area contributed by atoms with Crippen LogP contribution in [-0.4, -0.2) is 69.2 Å². The summed E-state index contributed by atoms with van der Waals surface area (Å²) in [5.74, 6) is 1.04. The van der Waals surface area contributed by atoms with Crippen LogP contribution in [0.2, 0.25) is 0 Å². The van der Waals surface area contributed by atoms with E-state index in [0.29, 0.717) is 35.7 Å². The van der Waals surface area contributed by atoms with Crippen molar-refractivity contribution in [2.75, 3.05) is 34.4 Å². The zero-order chi connectivity index (χ0) is 24.9. The van der Waals surface area contributed by atoms with Crippen molar-refractivity contribution in [3.63, 3.8) is 0 Å². The fourth-order valence-corrected chi connectivity index (χ4v) is 4.44. The third-order valence-corrected chi connectivity index (χ3v) is 6.36. The number of hydrogen-bond donors (Lipinski definition) is 2. The average Bonchev–Trinajstić information content (AvgIpc) is 3.36. The van der Waals surface area contributed by atoms with Crippen LogP contribution < -0.4 is 20.1 Å². The van der Waals surface area contributed by atoms with Gasteiger partial charge in [-0.1, -0.05) is 12.1 Å². The molecule has 9 heteroatoms. The number of benzene rings is 2. The summed E-state index contributed by atoms with van der Waals surface area (Å²) in [5, 5.41) is 11.8. The highest BCUT2D eigenvalue weighted by Crippen LogP contribution is 2.34. The number of hydrogen-bond acceptors (Lipinski definition) is 6. The SMILES string of the molecule is CNC(=O)N1N=C(c2ccc(C(=O)NC[C@H]3CCCO3)cc2)c2cc(OC)c(OC)cc2C[C@H]1C. The van der Waals surface area contributed by atoms with Crippen LogP contribution in [0.1, 0.15) is 46.8 Å². The third kappa shape index (κ3) is 5.24. The maximum absolute atomic E-state index is 12.6. The van der Waals surface area contributed by atoms with E-state index in [2.05, 4.69) is 10.6 Å². The van der Waals surface area contributed by atoms with Crippen molar-refractivity contribution in [3.05, 3.63) is 58.7 Å². The molecule has 2 atom stereocenters. The van der Waals surface area contributed by atoms with Crippen molar-refractivity contribution in [1.82, 2.24) is 15.6 Å². The average molecular weight is 481 g/mol. The zero-order valence-corrected chi connectivity index (χ0v) is 20.6. The molecule has 3 amide bonds. The van der Waals surface area contributed by atoms with Crippen molar-refractivity contribution >= 4 is 17.6 Å². The Morgan fingerprint density at radius 3 is 2.49 bits per heavy atom. The molecule has 0 saturated carbocycles. The molecule has 0 aliphatic carbocycles. The van der Waals surface area contributed by atoms with Gasteiger partial charge in [0.25, 0.3) is 5.91 Å². The number of carbonyl (C=O) groups is 2. The van der Waals surface area contributed by atoms with E-state index in [1.54, 1.807) is 33.4 Å². The lowest BCUT2D eigenvalue weighted by Crippen LogP contribution is -2.41. The molecule has 0 radical (unpaired) electrons.